The Morgan fingerprint density at radius 1 is 1.29 bits per heavy atom. The van der Waals surface area contributed by atoms with Crippen LogP contribution in [0.2, 0.25) is 0 Å². The zero-order valence-electron chi connectivity index (χ0n) is 14.5. The number of hydrogen-bond donors (Lipinski definition) is 2. The Hall–Kier alpha value is -1.27. The second-order valence-electron chi connectivity index (χ2n) is 6.64. The van der Waals surface area contributed by atoms with Crippen LogP contribution >= 0.6 is 11.3 Å². The van der Waals surface area contributed by atoms with Gasteiger partial charge in [-0.3, -0.25) is 4.90 Å². The van der Waals surface area contributed by atoms with Gasteiger partial charge in [-0.15, -0.1) is 11.3 Å². The minimum absolute atomic E-state index is 0.512. The Balaban J connectivity index is 1.60. The van der Waals surface area contributed by atoms with Gasteiger partial charge in [-0.05, 0) is 50.4 Å². The first-order chi connectivity index (χ1) is 11.7. The quantitative estimate of drug-likeness (QED) is 0.723. The molecule has 0 saturated carbocycles. The van der Waals surface area contributed by atoms with Crippen molar-refractivity contribution in [1.29, 1.82) is 0 Å². The summed E-state index contributed by atoms with van der Waals surface area (Å²) in [5.41, 5.74) is 9.80. The number of aryl methyl sites for hydroxylation is 1. The molecule has 3 rings (SSSR count). The van der Waals surface area contributed by atoms with Crippen molar-refractivity contribution in [3.63, 3.8) is 0 Å². The van der Waals surface area contributed by atoms with Gasteiger partial charge in [-0.25, -0.2) is 4.98 Å². The number of nitrogens with one attached hydrogen (secondary N) is 1. The van der Waals surface area contributed by atoms with Crippen molar-refractivity contribution in [3.8, 4) is 0 Å². The average molecular weight is 345 g/mol. The lowest BCUT2D eigenvalue weighted by atomic mass is 9.95. The van der Waals surface area contributed by atoms with Crippen molar-refractivity contribution in [2.75, 3.05) is 19.6 Å². The monoisotopic (exact) mass is 344 g/mol. The highest BCUT2D eigenvalue weighted by atomic mass is 32.1. The van der Waals surface area contributed by atoms with E-state index in [1.54, 1.807) is 11.3 Å². The van der Waals surface area contributed by atoms with Gasteiger partial charge in [0.25, 0.3) is 0 Å². The number of nitrogens with zero attached hydrogens (tertiary/aromatic N) is 2. The second kappa shape index (κ2) is 8.72. The molecule has 0 saturated heterocycles. The smallest absolute Gasteiger partial charge is 0.0897 e. The maximum atomic E-state index is 5.67. The van der Waals surface area contributed by atoms with Gasteiger partial charge in [0.1, 0.15) is 0 Å². The molecule has 4 nitrogen and oxygen atoms in total. The van der Waals surface area contributed by atoms with E-state index in [-0.39, 0.29) is 0 Å². The number of unbranched alkanes of at least 4 members (excludes halogenated alkanes) is 1. The first-order valence-electron chi connectivity index (χ1n) is 8.88. The first kappa shape index (κ1) is 17.5. The van der Waals surface area contributed by atoms with Crippen molar-refractivity contribution in [1.82, 2.24) is 15.2 Å². The van der Waals surface area contributed by atoms with Crippen molar-refractivity contribution in [2.45, 2.75) is 45.3 Å². The molecule has 0 amide bonds. The lowest BCUT2D eigenvalue weighted by Gasteiger charge is -2.31. The van der Waals surface area contributed by atoms with E-state index in [0.29, 0.717) is 6.04 Å². The van der Waals surface area contributed by atoms with Gasteiger partial charge in [0.05, 0.1) is 10.7 Å². The van der Waals surface area contributed by atoms with Crippen LogP contribution in [0.3, 0.4) is 0 Å². The highest BCUT2D eigenvalue weighted by molar-refractivity contribution is 7.09. The van der Waals surface area contributed by atoms with Crippen LogP contribution in [-0.2, 0) is 19.5 Å². The lowest BCUT2D eigenvalue weighted by Crippen LogP contribution is -2.44. The van der Waals surface area contributed by atoms with Gasteiger partial charge in [0.15, 0.2) is 0 Å². The van der Waals surface area contributed by atoms with Crippen molar-refractivity contribution in [2.24, 2.45) is 5.73 Å². The van der Waals surface area contributed by atoms with E-state index in [1.165, 1.54) is 16.8 Å². The minimum atomic E-state index is 0.512. The Bertz CT molecular complexity index is 640. The summed E-state index contributed by atoms with van der Waals surface area (Å²) in [6.07, 6.45) is 3.36. The Labute approximate surface area is 149 Å². The summed E-state index contributed by atoms with van der Waals surface area (Å²) in [5.74, 6) is 0. The Kier molecular flexibility index (Phi) is 6.37. The van der Waals surface area contributed by atoms with Crippen LogP contribution in [0.4, 0.5) is 0 Å². The molecule has 0 radical (unpaired) electrons. The molecule has 0 bridgehead atoms. The number of fused-ring (bicyclic) bond motifs is 1. The van der Waals surface area contributed by atoms with Gasteiger partial charge in [0.2, 0.25) is 0 Å². The molecule has 0 spiro atoms. The highest BCUT2D eigenvalue weighted by Crippen LogP contribution is 2.18. The number of hydrogen-bond acceptors (Lipinski definition) is 5. The Morgan fingerprint density at radius 3 is 2.88 bits per heavy atom. The van der Waals surface area contributed by atoms with E-state index in [0.717, 1.165) is 57.0 Å². The van der Waals surface area contributed by atoms with E-state index in [1.807, 2.05) is 0 Å². The zero-order valence-corrected chi connectivity index (χ0v) is 15.3. The first-order valence-corrected chi connectivity index (χ1v) is 9.76. The van der Waals surface area contributed by atoms with Crippen molar-refractivity contribution >= 4 is 11.3 Å². The fraction of sp³-hybridized carbons (Fsp3) is 0.526. The van der Waals surface area contributed by atoms with Crippen LogP contribution in [0.5, 0.6) is 0 Å². The van der Waals surface area contributed by atoms with Crippen LogP contribution in [0.25, 0.3) is 0 Å². The number of aromatic nitrogens is 1. The predicted octanol–water partition coefficient (Wildman–Crippen LogP) is 2.71. The van der Waals surface area contributed by atoms with Gasteiger partial charge in [0, 0.05) is 31.1 Å². The molecule has 0 fully saturated rings. The largest absolute Gasteiger partial charge is 0.330 e. The molecular weight excluding hydrogens is 316 g/mol. The molecule has 24 heavy (non-hydrogen) atoms. The van der Waals surface area contributed by atoms with Gasteiger partial charge in [-0.1, -0.05) is 24.3 Å². The number of nitrogens with two attached hydrogens (primary N) is 1. The van der Waals surface area contributed by atoms with E-state index in [9.17, 15) is 0 Å². The third-order valence-corrected chi connectivity index (χ3v) is 5.45. The van der Waals surface area contributed by atoms with E-state index in [2.05, 4.69) is 51.8 Å². The summed E-state index contributed by atoms with van der Waals surface area (Å²) in [6, 6.07) is 9.29. The molecule has 1 atom stereocenters. The molecule has 3 N–H and O–H groups in total. The fourth-order valence-corrected chi connectivity index (χ4v) is 3.99. The molecule has 1 aliphatic rings. The van der Waals surface area contributed by atoms with E-state index in [4.69, 9.17) is 5.73 Å². The number of rotatable bonds is 8. The topological polar surface area (TPSA) is 54.2 Å². The third-order valence-electron chi connectivity index (χ3n) is 4.63. The second-order valence-corrected chi connectivity index (χ2v) is 7.70. The van der Waals surface area contributed by atoms with Gasteiger partial charge < -0.3 is 11.1 Å². The predicted molar refractivity (Wildman–Crippen MR) is 101 cm³/mol. The lowest BCUT2D eigenvalue weighted by molar-refractivity contribution is 0.222. The van der Waals surface area contributed by atoms with Gasteiger partial charge >= 0.3 is 0 Å². The summed E-state index contributed by atoms with van der Waals surface area (Å²) in [5, 5.41) is 7.04. The molecule has 1 aromatic carbocycles. The van der Waals surface area contributed by atoms with Gasteiger partial charge in [-0.2, -0.15) is 0 Å². The van der Waals surface area contributed by atoms with E-state index < -0.39 is 0 Å². The molecule has 1 aromatic heterocycles. The molecule has 0 unspecified atom stereocenters. The molecular formula is C19H28N4S. The minimum Gasteiger partial charge on any atom is -0.330 e. The fourth-order valence-electron chi connectivity index (χ4n) is 3.39. The normalized spacial score (nSPS) is 17.2. The van der Waals surface area contributed by atoms with Crippen LogP contribution in [-0.4, -0.2) is 35.6 Å². The van der Waals surface area contributed by atoms with Crippen LogP contribution in [0, 0.1) is 6.92 Å². The summed E-state index contributed by atoms with van der Waals surface area (Å²) in [7, 11) is 0. The van der Waals surface area contributed by atoms with Crippen molar-refractivity contribution < 1.29 is 0 Å². The SMILES string of the molecule is Cc1nc(CN(CCCCN)C[C@H]2Cc3ccccc3CN2)cs1. The number of benzene rings is 1. The summed E-state index contributed by atoms with van der Waals surface area (Å²) >= 11 is 1.74. The molecule has 2 heterocycles. The summed E-state index contributed by atoms with van der Waals surface area (Å²) in [4.78, 5) is 7.18. The number of thiazole rings is 1. The van der Waals surface area contributed by atoms with Crippen LogP contribution < -0.4 is 11.1 Å². The molecule has 130 valence electrons. The summed E-state index contributed by atoms with van der Waals surface area (Å²) in [6.45, 7) is 6.93. The molecule has 0 aliphatic carbocycles. The molecule has 1 aliphatic heterocycles. The van der Waals surface area contributed by atoms with Crippen LogP contribution in [0.15, 0.2) is 29.6 Å². The highest BCUT2D eigenvalue weighted by Gasteiger charge is 2.20. The van der Waals surface area contributed by atoms with E-state index >= 15 is 0 Å². The maximum Gasteiger partial charge on any atom is 0.0897 e. The third kappa shape index (κ3) is 4.86. The van der Waals surface area contributed by atoms with Crippen molar-refractivity contribution in [3.05, 3.63) is 51.5 Å². The standard InChI is InChI=1S/C19H28N4S/c1-15-22-19(14-24-15)13-23(9-5-4-8-20)12-18-10-16-6-2-3-7-17(16)11-21-18/h2-3,6-7,14,18,21H,4-5,8-13,20H2,1H3/t18-/m1/s1. The summed E-state index contributed by atoms with van der Waals surface area (Å²) < 4.78 is 0. The zero-order chi connectivity index (χ0) is 16.8. The van der Waals surface area contributed by atoms with Crippen LogP contribution in [0.1, 0.15) is 34.7 Å². The molecule has 5 heteroatoms. The average Bonchev–Trinajstić information content (AvgIpc) is 3.00. The maximum absolute atomic E-state index is 5.67. The molecule has 2 aromatic rings. The Morgan fingerprint density at radius 2 is 2.12 bits per heavy atom.